The van der Waals surface area contributed by atoms with E-state index in [1.54, 1.807) is 6.92 Å². The van der Waals surface area contributed by atoms with Crippen LogP contribution in [0.4, 0.5) is 13.2 Å². The topological polar surface area (TPSA) is 46.5 Å². The maximum Gasteiger partial charge on any atom is 0.308 e. The Morgan fingerprint density at radius 2 is 1.88 bits per heavy atom. The minimum Gasteiger partial charge on any atom is -0.466 e. The van der Waals surface area contributed by atoms with Gasteiger partial charge < -0.3 is 9.84 Å². The number of carbonyl (C=O) groups excluding carboxylic acids is 1. The van der Waals surface area contributed by atoms with E-state index in [1.807, 2.05) is 0 Å². The number of hydrogen-bond donors (Lipinski definition) is 1. The van der Waals surface area contributed by atoms with Crippen molar-refractivity contribution in [2.45, 2.75) is 19.4 Å². The lowest BCUT2D eigenvalue weighted by Crippen LogP contribution is -2.11. The van der Waals surface area contributed by atoms with Gasteiger partial charge in [-0.05, 0) is 24.6 Å². The zero-order valence-electron chi connectivity index (χ0n) is 9.04. The van der Waals surface area contributed by atoms with Gasteiger partial charge in [-0.25, -0.2) is 13.2 Å². The molecule has 0 saturated heterocycles. The largest absolute Gasteiger partial charge is 0.466 e. The van der Waals surface area contributed by atoms with Crippen molar-refractivity contribution in [1.82, 2.24) is 0 Å². The molecule has 0 aliphatic carbocycles. The Balaban J connectivity index is 2.82. The van der Waals surface area contributed by atoms with E-state index >= 15 is 0 Å². The lowest BCUT2D eigenvalue weighted by molar-refractivity contribution is -0.145. The second-order valence-corrected chi connectivity index (χ2v) is 3.32. The van der Waals surface area contributed by atoms with Gasteiger partial charge in [0.2, 0.25) is 0 Å². The summed E-state index contributed by atoms with van der Waals surface area (Å²) >= 11 is 0. The zero-order valence-corrected chi connectivity index (χ0v) is 9.04. The van der Waals surface area contributed by atoms with Crippen LogP contribution in [-0.4, -0.2) is 17.7 Å². The summed E-state index contributed by atoms with van der Waals surface area (Å²) in [7, 11) is 0. The van der Waals surface area contributed by atoms with Crippen LogP contribution in [0.3, 0.4) is 0 Å². The molecule has 1 N–H and O–H groups in total. The van der Waals surface area contributed by atoms with Crippen molar-refractivity contribution in [3.05, 3.63) is 35.1 Å². The first-order chi connectivity index (χ1) is 7.95. The van der Waals surface area contributed by atoms with Crippen LogP contribution in [0.2, 0.25) is 0 Å². The van der Waals surface area contributed by atoms with Crippen LogP contribution in [0.25, 0.3) is 0 Å². The minimum atomic E-state index is -1.61. The van der Waals surface area contributed by atoms with Crippen LogP contribution in [0.1, 0.15) is 25.0 Å². The van der Waals surface area contributed by atoms with E-state index in [0.717, 1.165) is 0 Å². The van der Waals surface area contributed by atoms with E-state index in [-0.39, 0.29) is 12.2 Å². The Morgan fingerprint density at radius 3 is 2.35 bits per heavy atom. The molecule has 0 fully saturated rings. The Morgan fingerprint density at radius 1 is 1.35 bits per heavy atom. The minimum absolute atomic E-state index is 0.137. The second-order valence-electron chi connectivity index (χ2n) is 3.32. The lowest BCUT2D eigenvalue weighted by atomic mass is 10.1. The van der Waals surface area contributed by atoms with E-state index in [2.05, 4.69) is 4.74 Å². The molecular weight excluding hydrogens is 237 g/mol. The molecule has 0 radical (unpaired) electrons. The number of benzene rings is 1. The fourth-order valence-corrected chi connectivity index (χ4v) is 1.26. The first kappa shape index (κ1) is 13.5. The van der Waals surface area contributed by atoms with E-state index in [9.17, 15) is 23.1 Å². The molecule has 94 valence electrons. The van der Waals surface area contributed by atoms with Crippen LogP contribution in [0.5, 0.6) is 0 Å². The summed E-state index contributed by atoms with van der Waals surface area (Å²) in [6, 6.07) is 1.28. The normalized spacial score (nSPS) is 12.3. The molecule has 17 heavy (non-hydrogen) atoms. The van der Waals surface area contributed by atoms with Crippen molar-refractivity contribution in [3.8, 4) is 0 Å². The lowest BCUT2D eigenvalue weighted by Gasteiger charge is -2.10. The highest BCUT2D eigenvalue weighted by atomic mass is 19.2. The Bertz CT molecular complexity index is 397. The van der Waals surface area contributed by atoms with Gasteiger partial charge in [-0.15, -0.1) is 0 Å². The van der Waals surface area contributed by atoms with E-state index in [1.165, 1.54) is 0 Å². The van der Waals surface area contributed by atoms with Crippen molar-refractivity contribution >= 4 is 5.97 Å². The Kier molecular flexibility index (Phi) is 4.51. The molecule has 0 aliphatic rings. The number of rotatable bonds is 4. The molecule has 1 unspecified atom stereocenters. The maximum absolute atomic E-state index is 12.8. The van der Waals surface area contributed by atoms with Crippen LogP contribution in [0.15, 0.2) is 12.1 Å². The van der Waals surface area contributed by atoms with Crippen molar-refractivity contribution in [3.63, 3.8) is 0 Å². The fraction of sp³-hybridized carbons (Fsp3) is 0.364. The molecule has 1 rings (SSSR count). The number of carbonyl (C=O) groups is 1. The highest BCUT2D eigenvalue weighted by molar-refractivity contribution is 5.70. The van der Waals surface area contributed by atoms with Gasteiger partial charge in [-0.3, -0.25) is 4.79 Å². The third kappa shape index (κ3) is 3.45. The molecule has 0 bridgehead atoms. The number of aliphatic hydroxyl groups is 1. The molecule has 1 atom stereocenters. The summed E-state index contributed by atoms with van der Waals surface area (Å²) in [5, 5.41) is 9.50. The third-order valence-electron chi connectivity index (χ3n) is 2.06. The second kappa shape index (κ2) is 5.67. The summed E-state index contributed by atoms with van der Waals surface area (Å²) in [4.78, 5) is 11.0. The molecule has 6 heteroatoms. The highest BCUT2D eigenvalue weighted by Crippen LogP contribution is 2.21. The van der Waals surface area contributed by atoms with Gasteiger partial charge in [0, 0.05) is 0 Å². The molecule has 1 aromatic rings. The third-order valence-corrected chi connectivity index (χ3v) is 2.06. The van der Waals surface area contributed by atoms with Gasteiger partial charge in [0.1, 0.15) is 0 Å². The summed E-state index contributed by atoms with van der Waals surface area (Å²) in [5.41, 5.74) is -0.213. The SMILES string of the molecule is CCOC(=O)CC(O)c1cc(F)c(F)c(F)c1. The molecular formula is C11H11F3O3. The summed E-state index contributed by atoms with van der Waals surface area (Å²) < 4.78 is 42.9. The van der Waals surface area contributed by atoms with E-state index in [4.69, 9.17) is 0 Å². The monoisotopic (exact) mass is 248 g/mol. The van der Waals surface area contributed by atoms with Crippen molar-refractivity contribution in [2.24, 2.45) is 0 Å². The first-order valence-electron chi connectivity index (χ1n) is 4.93. The van der Waals surface area contributed by atoms with Gasteiger partial charge >= 0.3 is 5.97 Å². The van der Waals surface area contributed by atoms with Gasteiger partial charge in [0.15, 0.2) is 17.5 Å². The number of ether oxygens (including phenoxy) is 1. The van der Waals surface area contributed by atoms with Crippen LogP contribution in [-0.2, 0) is 9.53 Å². The predicted octanol–water partition coefficient (Wildman–Crippen LogP) is 2.09. The van der Waals surface area contributed by atoms with Gasteiger partial charge in [-0.1, -0.05) is 0 Å². The van der Waals surface area contributed by atoms with Gasteiger partial charge in [0.05, 0.1) is 19.1 Å². The average Bonchev–Trinajstić information content (AvgIpc) is 2.25. The fourth-order valence-electron chi connectivity index (χ4n) is 1.26. The number of hydrogen-bond acceptors (Lipinski definition) is 3. The van der Waals surface area contributed by atoms with Crippen LogP contribution in [0, 0.1) is 17.5 Å². The quantitative estimate of drug-likeness (QED) is 0.655. The van der Waals surface area contributed by atoms with E-state index < -0.39 is 35.9 Å². The number of aliphatic hydroxyl groups excluding tert-OH is 1. The summed E-state index contributed by atoms with van der Waals surface area (Å²) in [5.74, 6) is -5.15. The zero-order chi connectivity index (χ0) is 13.0. The van der Waals surface area contributed by atoms with E-state index in [0.29, 0.717) is 12.1 Å². The summed E-state index contributed by atoms with van der Waals surface area (Å²) in [6.07, 6.45) is -1.88. The molecule has 0 aromatic heterocycles. The number of halogens is 3. The van der Waals surface area contributed by atoms with Crippen molar-refractivity contribution in [2.75, 3.05) is 6.61 Å². The van der Waals surface area contributed by atoms with Crippen LogP contribution < -0.4 is 0 Å². The molecule has 0 heterocycles. The standard InChI is InChI=1S/C11H11F3O3/c1-2-17-10(16)5-9(15)6-3-7(12)11(14)8(13)4-6/h3-4,9,15H,2,5H2,1H3. The van der Waals surface area contributed by atoms with Gasteiger partial charge in [0.25, 0.3) is 0 Å². The predicted molar refractivity (Wildman–Crippen MR) is 52.5 cm³/mol. The molecule has 0 spiro atoms. The first-order valence-corrected chi connectivity index (χ1v) is 4.93. The van der Waals surface area contributed by atoms with Crippen molar-refractivity contribution < 1.29 is 27.8 Å². The van der Waals surface area contributed by atoms with Crippen LogP contribution >= 0.6 is 0 Å². The van der Waals surface area contributed by atoms with Gasteiger partial charge in [-0.2, -0.15) is 0 Å². The van der Waals surface area contributed by atoms with Crippen molar-refractivity contribution in [1.29, 1.82) is 0 Å². The maximum atomic E-state index is 12.8. The molecule has 1 aromatic carbocycles. The Labute approximate surface area is 95.8 Å². The highest BCUT2D eigenvalue weighted by Gasteiger charge is 2.18. The average molecular weight is 248 g/mol. The molecule has 0 saturated carbocycles. The Hall–Kier alpha value is -1.56. The molecule has 0 aliphatic heterocycles. The molecule has 0 amide bonds. The summed E-state index contributed by atoms with van der Waals surface area (Å²) in [6.45, 7) is 1.72. The number of esters is 1. The smallest absolute Gasteiger partial charge is 0.308 e. The molecule has 3 nitrogen and oxygen atoms in total.